The first-order valence-electron chi connectivity index (χ1n) is 7.51. The van der Waals surface area contributed by atoms with E-state index < -0.39 is 0 Å². The second-order valence-corrected chi connectivity index (χ2v) is 5.98. The predicted molar refractivity (Wildman–Crippen MR) is 81.5 cm³/mol. The molecule has 3 nitrogen and oxygen atoms in total. The third kappa shape index (κ3) is 2.74. The van der Waals surface area contributed by atoms with E-state index in [1.165, 1.54) is 24.0 Å². The molecule has 2 aliphatic rings. The van der Waals surface area contributed by atoms with Crippen molar-refractivity contribution in [3.63, 3.8) is 0 Å². The van der Waals surface area contributed by atoms with Crippen LogP contribution >= 0.6 is 0 Å². The van der Waals surface area contributed by atoms with Crippen molar-refractivity contribution in [2.24, 2.45) is 0 Å². The Balaban J connectivity index is 1.42. The monoisotopic (exact) mass is 281 g/mol. The normalized spacial score (nSPS) is 17.7. The molecule has 3 heteroatoms. The Morgan fingerprint density at radius 3 is 2.52 bits per heavy atom. The van der Waals surface area contributed by atoms with E-state index in [9.17, 15) is 0 Å². The summed E-state index contributed by atoms with van der Waals surface area (Å²) in [5, 5.41) is 3.73. The number of nitrogens with one attached hydrogen (secondary N) is 1. The molecule has 0 unspecified atom stereocenters. The lowest BCUT2D eigenvalue weighted by Gasteiger charge is -2.18. The molecular weight excluding hydrogens is 262 g/mol. The van der Waals surface area contributed by atoms with Gasteiger partial charge in [-0.25, -0.2) is 0 Å². The Hall–Kier alpha value is -2.00. The van der Waals surface area contributed by atoms with Crippen LogP contribution in [-0.4, -0.2) is 12.3 Å². The first kappa shape index (κ1) is 12.7. The Morgan fingerprint density at radius 2 is 1.71 bits per heavy atom. The van der Waals surface area contributed by atoms with Crippen LogP contribution in [0.15, 0.2) is 48.5 Å². The summed E-state index contributed by atoms with van der Waals surface area (Å²) in [6.45, 7) is 1.28. The summed E-state index contributed by atoms with van der Waals surface area (Å²) < 4.78 is 10.8. The van der Waals surface area contributed by atoms with E-state index in [4.69, 9.17) is 9.47 Å². The fourth-order valence-corrected chi connectivity index (χ4v) is 2.89. The molecule has 108 valence electrons. The van der Waals surface area contributed by atoms with Gasteiger partial charge in [-0.3, -0.25) is 0 Å². The molecule has 1 saturated carbocycles. The fraction of sp³-hybridized carbons (Fsp3) is 0.333. The van der Waals surface area contributed by atoms with E-state index >= 15 is 0 Å². The van der Waals surface area contributed by atoms with Crippen molar-refractivity contribution in [1.29, 1.82) is 0 Å². The lowest BCUT2D eigenvalue weighted by molar-refractivity contribution is 0.174. The van der Waals surface area contributed by atoms with Gasteiger partial charge in [-0.1, -0.05) is 36.4 Å². The number of ether oxygens (including phenoxy) is 2. The predicted octanol–water partition coefficient (Wildman–Crippen LogP) is 3.28. The molecule has 0 radical (unpaired) electrons. The highest BCUT2D eigenvalue weighted by Gasteiger charge is 2.42. The van der Waals surface area contributed by atoms with Gasteiger partial charge in [-0.15, -0.1) is 0 Å². The second-order valence-electron chi connectivity index (χ2n) is 5.98. The van der Waals surface area contributed by atoms with Crippen LogP contribution in [0.3, 0.4) is 0 Å². The molecule has 21 heavy (non-hydrogen) atoms. The van der Waals surface area contributed by atoms with Gasteiger partial charge in [-0.05, 0) is 42.5 Å². The highest BCUT2D eigenvalue weighted by Crippen LogP contribution is 2.41. The largest absolute Gasteiger partial charge is 0.454 e. The summed E-state index contributed by atoms with van der Waals surface area (Å²) in [4.78, 5) is 0. The first-order chi connectivity index (χ1) is 10.3. The molecule has 4 rings (SSSR count). The molecule has 1 heterocycles. The molecule has 1 aliphatic heterocycles. The van der Waals surface area contributed by atoms with Crippen LogP contribution in [0.2, 0.25) is 0 Å². The van der Waals surface area contributed by atoms with Gasteiger partial charge in [-0.2, -0.15) is 0 Å². The van der Waals surface area contributed by atoms with E-state index in [1.807, 2.05) is 6.07 Å². The van der Waals surface area contributed by atoms with Crippen molar-refractivity contribution in [2.45, 2.75) is 31.3 Å². The Labute approximate surface area is 124 Å². The molecule has 1 aliphatic carbocycles. The summed E-state index contributed by atoms with van der Waals surface area (Å²) in [5.41, 5.74) is 2.93. The minimum atomic E-state index is 0.267. The van der Waals surface area contributed by atoms with Gasteiger partial charge in [0.1, 0.15) is 0 Å². The number of hydrogen-bond acceptors (Lipinski definition) is 3. The number of benzene rings is 2. The summed E-state index contributed by atoms with van der Waals surface area (Å²) in [6.07, 6.45) is 3.54. The molecule has 0 amide bonds. The summed E-state index contributed by atoms with van der Waals surface area (Å²) in [6, 6.07) is 16.9. The minimum Gasteiger partial charge on any atom is -0.454 e. The first-order valence-corrected chi connectivity index (χ1v) is 7.51. The van der Waals surface area contributed by atoms with Crippen LogP contribution in [0.1, 0.15) is 24.0 Å². The molecule has 2 aromatic rings. The zero-order valence-corrected chi connectivity index (χ0v) is 12.0. The van der Waals surface area contributed by atoms with Crippen molar-refractivity contribution in [3.05, 3.63) is 59.7 Å². The van der Waals surface area contributed by atoms with Gasteiger partial charge in [0, 0.05) is 12.1 Å². The number of rotatable bonds is 5. The topological polar surface area (TPSA) is 30.5 Å². The maximum absolute atomic E-state index is 5.46. The van der Waals surface area contributed by atoms with Crippen molar-refractivity contribution in [2.75, 3.05) is 6.79 Å². The lowest BCUT2D eigenvalue weighted by Crippen LogP contribution is -2.32. The highest BCUT2D eigenvalue weighted by atomic mass is 16.7. The van der Waals surface area contributed by atoms with Crippen molar-refractivity contribution < 1.29 is 9.47 Å². The van der Waals surface area contributed by atoms with Gasteiger partial charge in [0.2, 0.25) is 6.79 Å². The quantitative estimate of drug-likeness (QED) is 0.912. The lowest BCUT2D eigenvalue weighted by atomic mass is 10.0. The SMILES string of the molecule is c1ccc(CNC2(Cc3ccc4c(c3)OCO4)CC2)cc1. The highest BCUT2D eigenvalue weighted by molar-refractivity contribution is 5.45. The van der Waals surface area contributed by atoms with Crippen LogP contribution in [0.25, 0.3) is 0 Å². The van der Waals surface area contributed by atoms with Crippen LogP contribution in [0.4, 0.5) is 0 Å². The fourth-order valence-electron chi connectivity index (χ4n) is 2.89. The van der Waals surface area contributed by atoms with Crippen molar-refractivity contribution in [1.82, 2.24) is 5.32 Å². The Bertz CT molecular complexity index is 635. The maximum Gasteiger partial charge on any atom is 0.231 e. The number of fused-ring (bicyclic) bond motifs is 1. The maximum atomic E-state index is 5.46. The molecule has 0 saturated heterocycles. The molecule has 0 spiro atoms. The van der Waals surface area contributed by atoms with E-state index in [-0.39, 0.29) is 5.54 Å². The molecule has 0 bridgehead atoms. The van der Waals surface area contributed by atoms with E-state index in [0.717, 1.165) is 24.5 Å². The van der Waals surface area contributed by atoms with Gasteiger partial charge in [0.25, 0.3) is 0 Å². The number of hydrogen-bond donors (Lipinski definition) is 1. The second kappa shape index (κ2) is 5.08. The minimum absolute atomic E-state index is 0.267. The summed E-state index contributed by atoms with van der Waals surface area (Å²) in [5.74, 6) is 1.74. The van der Waals surface area contributed by atoms with Gasteiger partial charge >= 0.3 is 0 Å². The average Bonchev–Trinajstić information content (AvgIpc) is 3.12. The van der Waals surface area contributed by atoms with Gasteiger partial charge in [0.05, 0.1) is 0 Å². The third-order valence-corrected chi connectivity index (χ3v) is 4.34. The zero-order chi connectivity index (χ0) is 14.1. The molecule has 1 fully saturated rings. The van der Waals surface area contributed by atoms with Gasteiger partial charge < -0.3 is 14.8 Å². The summed E-state index contributed by atoms with van der Waals surface area (Å²) in [7, 11) is 0. The third-order valence-electron chi connectivity index (χ3n) is 4.34. The Kier molecular flexibility index (Phi) is 3.08. The van der Waals surface area contributed by atoms with Gasteiger partial charge in [0.15, 0.2) is 11.5 Å². The molecule has 0 atom stereocenters. The van der Waals surface area contributed by atoms with Crippen LogP contribution in [0, 0.1) is 0 Å². The molecule has 2 aromatic carbocycles. The average molecular weight is 281 g/mol. The summed E-state index contributed by atoms with van der Waals surface area (Å²) >= 11 is 0. The van der Waals surface area contributed by atoms with Crippen molar-refractivity contribution in [3.8, 4) is 11.5 Å². The standard InChI is InChI=1S/C18H19NO2/c1-2-4-14(5-3-1)12-19-18(8-9-18)11-15-6-7-16-17(10-15)21-13-20-16/h1-7,10,19H,8-9,11-13H2. The zero-order valence-electron chi connectivity index (χ0n) is 12.0. The van der Waals surface area contributed by atoms with Crippen molar-refractivity contribution >= 4 is 0 Å². The van der Waals surface area contributed by atoms with E-state index in [1.54, 1.807) is 0 Å². The van der Waals surface area contributed by atoms with E-state index in [0.29, 0.717) is 6.79 Å². The van der Waals surface area contributed by atoms with Crippen LogP contribution in [-0.2, 0) is 13.0 Å². The van der Waals surface area contributed by atoms with Crippen LogP contribution < -0.4 is 14.8 Å². The molecule has 0 aromatic heterocycles. The smallest absolute Gasteiger partial charge is 0.231 e. The van der Waals surface area contributed by atoms with E-state index in [2.05, 4.69) is 47.8 Å². The molecular formula is C18H19NO2. The van der Waals surface area contributed by atoms with Crippen LogP contribution in [0.5, 0.6) is 11.5 Å². The molecule has 1 N–H and O–H groups in total. The Morgan fingerprint density at radius 1 is 0.905 bits per heavy atom.